The average Bonchev–Trinajstić information content (AvgIpc) is 3.16. The molecule has 1 saturated heterocycles. The van der Waals surface area contributed by atoms with Crippen LogP contribution < -0.4 is 0 Å². The zero-order valence-electron chi connectivity index (χ0n) is 14.0. The first-order chi connectivity index (χ1) is 11.7. The number of fused-ring (bicyclic) bond motifs is 1. The quantitative estimate of drug-likeness (QED) is 0.844. The number of hydrogen-bond donors (Lipinski definition) is 0. The number of rotatable bonds is 2. The van der Waals surface area contributed by atoms with Crippen LogP contribution in [-0.2, 0) is 13.0 Å². The Morgan fingerprint density at radius 2 is 2.00 bits per heavy atom. The summed E-state index contributed by atoms with van der Waals surface area (Å²) >= 11 is 0. The Labute approximate surface area is 141 Å². The van der Waals surface area contributed by atoms with E-state index in [0.29, 0.717) is 5.69 Å². The molecule has 0 aromatic carbocycles. The number of aromatic nitrogens is 5. The maximum atomic E-state index is 12.9. The lowest BCUT2D eigenvalue weighted by Crippen LogP contribution is -2.32. The molecule has 4 heterocycles. The number of carbonyl (C=O) groups excluding carboxylic acids is 1. The molecule has 2 aromatic heterocycles. The van der Waals surface area contributed by atoms with E-state index in [1.807, 2.05) is 11.8 Å². The molecule has 0 aliphatic carbocycles. The molecule has 0 radical (unpaired) electrons. The molecule has 7 nitrogen and oxygen atoms in total. The van der Waals surface area contributed by atoms with E-state index in [0.717, 1.165) is 56.1 Å². The lowest BCUT2D eigenvalue weighted by molar-refractivity contribution is 0.0720. The van der Waals surface area contributed by atoms with E-state index >= 15 is 0 Å². The summed E-state index contributed by atoms with van der Waals surface area (Å²) < 4.78 is 2.24. The summed E-state index contributed by atoms with van der Waals surface area (Å²) in [7, 11) is 0. The molecule has 2 aliphatic rings. The van der Waals surface area contributed by atoms with Crippen molar-refractivity contribution in [2.75, 3.05) is 6.54 Å². The van der Waals surface area contributed by atoms with Crippen LogP contribution in [0.3, 0.4) is 0 Å². The van der Waals surface area contributed by atoms with Crippen molar-refractivity contribution in [3.63, 3.8) is 0 Å². The Kier molecular flexibility index (Phi) is 4.00. The van der Waals surface area contributed by atoms with E-state index in [9.17, 15) is 4.79 Å². The Balaban J connectivity index is 1.62. The first-order valence-electron chi connectivity index (χ1n) is 8.75. The van der Waals surface area contributed by atoms with Crippen LogP contribution in [0.2, 0.25) is 0 Å². The summed E-state index contributed by atoms with van der Waals surface area (Å²) in [5.74, 6) is 1.95. The van der Waals surface area contributed by atoms with Crippen LogP contribution in [0.1, 0.15) is 66.0 Å². The summed E-state index contributed by atoms with van der Waals surface area (Å²) in [6.07, 6.45) is 9.67. The number of aryl methyl sites for hydroxylation is 2. The summed E-state index contributed by atoms with van der Waals surface area (Å²) in [6.45, 7) is 3.56. The van der Waals surface area contributed by atoms with Crippen LogP contribution in [0.4, 0.5) is 0 Å². The third-order valence-corrected chi connectivity index (χ3v) is 4.95. The number of hydrogen-bond acceptors (Lipinski definition) is 5. The molecule has 7 heteroatoms. The molecule has 2 aliphatic heterocycles. The topological polar surface area (TPSA) is 76.8 Å². The van der Waals surface area contributed by atoms with Crippen LogP contribution in [0.5, 0.6) is 0 Å². The normalized spacial score (nSPS) is 20.7. The highest BCUT2D eigenvalue weighted by Gasteiger charge is 2.35. The molecule has 0 unspecified atom stereocenters. The van der Waals surface area contributed by atoms with Gasteiger partial charge in [0.2, 0.25) is 0 Å². The molecular formula is C17H22N6O. The fraction of sp³-hybridized carbons (Fsp3) is 0.588. The van der Waals surface area contributed by atoms with Crippen molar-refractivity contribution in [3.05, 3.63) is 35.4 Å². The van der Waals surface area contributed by atoms with Crippen molar-refractivity contribution < 1.29 is 4.79 Å². The van der Waals surface area contributed by atoms with E-state index in [1.165, 1.54) is 12.8 Å². The van der Waals surface area contributed by atoms with Gasteiger partial charge < -0.3 is 9.47 Å². The third-order valence-electron chi connectivity index (χ3n) is 4.95. The first kappa shape index (κ1) is 15.2. The van der Waals surface area contributed by atoms with Gasteiger partial charge in [-0.1, -0.05) is 6.42 Å². The summed E-state index contributed by atoms with van der Waals surface area (Å²) in [5.41, 5.74) is 1.22. The van der Waals surface area contributed by atoms with Crippen LogP contribution in [0, 0.1) is 6.92 Å². The lowest BCUT2D eigenvalue weighted by atomic mass is 10.2. The molecule has 0 N–H and O–H groups in total. The molecule has 24 heavy (non-hydrogen) atoms. The zero-order chi connectivity index (χ0) is 16.5. The van der Waals surface area contributed by atoms with Crippen LogP contribution in [0.25, 0.3) is 0 Å². The Hall–Kier alpha value is -2.31. The molecule has 1 amide bonds. The van der Waals surface area contributed by atoms with E-state index in [1.54, 1.807) is 12.4 Å². The number of nitrogens with zero attached hydrogens (tertiary/aromatic N) is 6. The highest BCUT2D eigenvalue weighted by Crippen LogP contribution is 2.33. The SMILES string of the molecule is Cc1cnc(C(=O)N2CCC[C@H]2c2nnc3n2CCCCC3)cn1. The predicted octanol–water partition coefficient (Wildman–Crippen LogP) is 2.08. The van der Waals surface area contributed by atoms with Crippen molar-refractivity contribution in [1.29, 1.82) is 0 Å². The van der Waals surface area contributed by atoms with Gasteiger partial charge in [0.15, 0.2) is 5.82 Å². The number of likely N-dealkylation sites (tertiary alicyclic amines) is 1. The average molecular weight is 326 g/mol. The molecular weight excluding hydrogens is 304 g/mol. The number of amides is 1. The molecule has 2 aromatic rings. The van der Waals surface area contributed by atoms with Gasteiger partial charge in [-0.15, -0.1) is 10.2 Å². The van der Waals surface area contributed by atoms with Crippen LogP contribution in [-0.4, -0.2) is 42.1 Å². The van der Waals surface area contributed by atoms with Gasteiger partial charge in [-0.2, -0.15) is 0 Å². The largest absolute Gasteiger partial charge is 0.327 e. The van der Waals surface area contributed by atoms with Gasteiger partial charge in [0.1, 0.15) is 11.5 Å². The fourth-order valence-corrected chi connectivity index (χ4v) is 3.68. The minimum Gasteiger partial charge on any atom is -0.327 e. The van der Waals surface area contributed by atoms with Gasteiger partial charge >= 0.3 is 0 Å². The molecule has 0 saturated carbocycles. The zero-order valence-corrected chi connectivity index (χ0v) is 14.0. The van der Waals surface area contributed by atoms with Gasteiger partial charge in [0, 0.05) is 25.7 Å². The molecule has 0 spiro atoms. The van der Waals surface area contributed by atoms with Crippen molar-refractivity contribution in [2.45, 2.75) is 58.0 Å². The molecule has 4 rings (SSSR count). The monoisotopic (exact) mass is 326 g/mol. The van der Waals surface area contributed by atoms with Crippen molar-refractivity contribution in [1.82, 2.24) is 29.6 Å². The van der Waals surface area contributed by atoms with Crippen molar-refractivity contribution in [3.8, 4) is 0 Å². The van der Waals surface area contributed by atoms with E-state index < -0.39 is 0 Å². The molecule has 126 valence electrons. The van der Waals surface area contributed by atoms with E-state index in [2.05, 4.69) is 24.7 Å². The fourth-order valence-electron chi connectivity index (χ4n) is 3.68. The van der Waals surface area contributed by atoms with Crippen molar-refractivity contribution >= 4 is 5.91 Å². The smallest absolute Gasteiger partial charge is 0.274 e. The van der Waals surface area contributed by atoms with E-state index in [4.69, 9.17) is 0 Å². The Morgan fingerprint density at radius 3 is 2.83 bits per heavy atom. The highest BCUT2D eigenvalue weighted by atomic mass is 16.2. The van der Waals surface area contributed by atoms with E-state index in [-0.39, 0.29) is 11.9 Å². The Bertz CT molecular complexity index is 738. The van der Waals surface area contributed by atoms with Gasteiger partial charge in [0.25, 0.3) is 5.91 Å². The molecule has 0 bridgehead atoms. The first-order valence-corrected chi connectivity index (χ1v) is 8.75. The Morgan fingerprint density at radius 1 is 1.08 bits per heavy atom. The van der Waals surface area contributed by atoms with Crippen LogP contribution >= 0.6 is 0 Å². The van der Waals surface area contributed by atoms with Gasteiger partial charge in [-0.05, 0) is 32.6 Å². The second-order valence-corrected chi connectivity index (χ2v) is 6.64. The molecule has 1 atom stereocenters. The maximum absolute atomic E-state index is 12.9. The highest BCUT2D eigenvalue weighted by molar-refractivity contribution is 5.92. The second-order valence-electron chi connectivity index (χ2n) is 6.64. The molecule has 1 fully saturated rings. The van der Waals surface area contributed by atoms with Crippen molar-refractivity contribution in [2.24, 2.45) is 0 Å². The standard InChI is InChI=1S/C17H22N6O/c1-12-10-19-13(11-18-12)17(24)22-9-5-6-14(22)16-21-20-15-7-3-2-4-8-23(15)16/h10-11,14H,2-9H2,1H3/t14-/m0/s1. The second kappa shape index (κ2) is 6.30. The third kappa shape index (κ3) is 2.68. The van der Waals surface area contributed by atoms with Crippen LogP contribution in [0.15, 0.2) is 12.4 Å². The predicted molar refractivity (Wildman–Crippen MR) is 87.4 cm³/mol. The lowest BCUT2D eigenvalue weighted by Gasteiger charge is -2.24. The minimum atomic E-state index is -0.0593. The summed E-state index contributed by atoms with van der Waals surface area (Å²) in [4.78, 5) is 23.2. The summed E-state index contributed by atoms with van der Waals surface area (Å²) in [5, 5.41) is 8.83. The maximum Gasteiger partial charge on any atom is 0.274 e. The minimum absolute atomic E-state index is 0.0000435. The van der Waals surface area contributed by atoms with Gasteiger partial charge in [-0.25, -0.2) is 4.98 Å². The van der Waals surface area contributed by atoms with Gasteiger partial charge in [-0.3, -0.25) is 9.78 Å². The van der Waals surface area contributed by atoms with Gasteiger partial charge in [0.05, 0.1) is 17.9 Å². The number of carbonyl (C=O) groups is 1. The summed E-state index contributed by atoms with van der Waals surface area (Å²) in [6, 6.07) is -0.0000435.